The number of para-hydroxylation sites is 1. The number of benzene rings is 3. The Morgan fingerprint density at radius 1 is 0.971 bits per heavy atom. The largest absolute Gasteiger partial charge is 0.488 e. The lowest BCUT2D eigenvalue weighted by molar-refractivity contribution is -0.122. The predicted octanol–water partition coefficient (Wildman–Crippen LogP) is 3.97. The second-order valence-electron chi connectivity index (χ2n) is 7.81. The molecule has 8 heteroatoms. The van der Waals surface area contributed by atoms with Crippen molar-refractivity contribution in [1.29, 1.82) is 0 Å². The predicted molar refractivity (Wildman–Crippen MR) is 124 cm³/mol. The number of barbiturate groups is 1. The lowest BCUT2D eigenvalue weighted by atomic mass is 10.1. The normalized spacial score (nSPS) is 16.1. The van der Waals surface area contributed by atoms with E-state index in [0.717, 1.165) is 16.0 Å². The van der Waals surface area contributed by atoms with Crippen molar-refractivity contribution in [1.82, 2.24) is 5.32 Å². The van der Waals surface area contributed by atoms with Gasteiger partial charge in [0.1, 0.15) is 17.9 Å². The number of amides is 4. The average Bonchev–Trinajstić information content (AvgIpc) is 3.30. The first-order valence-electron chi connectivity index (χ1n) is 10.6. The van der Waals surface area contributed by atoms with E-state index < -0.39 is 17.8 Å². The van der Waals surface area contributed by atoms with Crippen molar-refractivity contribution in [3.8, 4) is 17.2 Å². The van der Waals surface area contributed by atoms with E-state index in [1.165, 1.54) is 12.1 Å². The molecule has 8 nitrogen and oxygen atoms in total. The van der Waals surface area contributed by atoms with E-state index >= 15 is 0 Å². The van der Waals surface area contributed by atoms with Crippen LogP contribution < -0.4 is 24.4 Å². The van der Waals surface area contributed by atoms with Gasteiger partial charge in [0, 0.05) is 11.6 Å². The van der Waals surface area contributed by atoms with Crippen molar-refractivity contribution >= 4 is 29.6 Å². The van der Waals surface area contributed by atoms with Crippen molar-refractivity contribution < 1.29 is 28.6 Å². The lowest BCUT2D eigenvalue weighted by Gasteiger charge is -2.26. The number of nitrogens with zero attached hydrogens (tertiary/aromatic N) is 1. The van der Waals surface area contributed by atoms with E-state index in [4.69, 9.17) is 14.2 Å². The molecule has 2 heterocycles. The fourth-order valence-electron chi connectivity index (χ4n) is 3.65. The third kappa shape index (κ3) is 4.09. The van der Waals surface area contributed by atoms with Crippen molar-refractivity contribution in [3.05, 3.63) is 89.0 Å². The molecule has 170 valence electrons. The molecular formula is C26H20N2O6. The van der Waals surface area contributed by atoms with Gasteiger partial charge in [-0.05, 0) is 36.8 Å². The number of aryl methyl sites for hydroxylation is 1. The van der Waals surface area contributed by atoms with Gasteiger partial charge in [0.25, 0.3) is 11.8 Å². The summed E-state index contributed by atoms with van der Waals surface area (Å²) in [6.07, 6.45) is 1.43. The highest BCUT2D eigenvalue weighted by molar-refractivity contribution is 6.39. The Bertz CT molecular complexity index is 1330. The first-order chi connectivity index (χ1) is 16.5. The highest BCUT2D eigenvalue weighted by Crippen LogP contribution is 2.36. The molecule has 0 bridgehead atoms. The molecule has 0 unspecified atom stereocenters. The van der Waals surface area contributed by atoms with E-state index in [1.54, 1.807) is 36.4 Å². The van der Waals surface area contributed by atoms with Crippen LogP contribution in [0.5, 0.6) is 17.2 Å². The van der Waals surface area contributed by atoms with Gasteiger partial charge < -0.3 is 14.2 Å². The molecule has 1 fully saturated rings. The standard InChI is InChI=1S/C26H20N2O6/c1-16-6-8-17(9-7-16)14-32-21-5-3-2-4-18(21)12-20-24(29)27-26(31)28(25(20)30)19-10-11-22-23(13-19)34-15-33-22/h2-13H,14-15H2,1H3,(H,27,29,31)/b20-12+. The molecule has 3 aromatic carbocycles. The fraction of sp³-hybridized carbons (Fsp3) is 0.115. The number of anilines is 1. The first-order valence-corrected chi connectivity index (χ1v) is 10.6. The maximum atomic E-state index is 13.2. The molecular weight excluding hydrogens is 436 g/mol. The molecule has 34 heavy (non-hydrogen) atoms. The summed E-state index contributed by atoms with van der Waals surface area (Å²) in [5, 5.41) is 2.22. The van der Waals surface area contributed by atoms with Gasteiger partial charge in [0.15, 0.2) is 11.5 Å². The van der Waals surface area contributed by atoms with Gasteiger partial charge in [-0.3, -0.25) is 14.9 Å². The van der Waals surface area contributed by atoms with Crippen LogP contribution in [0.25, 0.3) is 6.08 Å². The summed E-state index contributed by atoms with van der Waals surface area (Å²) in [4.78, 5) is 39.2. The highest BCUT2D eigenvalue weighted by Gasteiger charge is 2.37. The lowest BCUT2D eigenvalue weighted by Crippen LogP contribution is -2.54. The number of ether oxygens (including phenoxy) is 3. The average molecular weight is 456 g/mol. The fourth-order valence-corrected chi connectivity index (χ4v) is 3.65. The Balaban J connectivity index is 1.43. The zero-order valence-electron chi connectivity index (χ0n) is 18.2. The van der Waals surface area contributed by atoms with Crippen LogP contribution in [-0.2, 0) is 16.2 Å². The van der Waals surface area contributed by atoms with E-state index in [9.17, 15) is 14.4 Å². The van der Waals surface area contributed by atoms with Gasteiger partial charge in [-0.1, -0.05) is 48.0 Å². The van der Waals surface area contributed by atoms with Crippen molar-refractivity contribution in [2.45, 2.75) is 13.5 Å². The SMILES string of the molecule is Cc1ccc(COc2ccccc2/C=C2\C(=O)NC(=O)N(c3ccc4c(c3)OCO4)C2=O)cc1. The van der Waals surface area contributed by atoms with Gasteiger partial charge in [0.05, 0.1) is 5.69 Å². The minimum atomic E-state index is -0.838. The van der Waals surface area contributed by atoms with E-state index in [0.29, 0.717) is 29.4 Å². The number of imide groups is 2. The molecule has 2 aliphatic heterocycles. The molecule has 0 saturated carbocycles. The van der Waals surface area contributed by atoms with Gasteiger partial charge in [-0.25, -0.2) is 9.69 Å². The number of carbonyl (C=O) groups is 3. The third-order valence-electron chi connectivity index (χ3n) is 5.45. The maximum Gasteiger partial charge on any atom is 0.335 e. The molecule has 0 atom stereocenters. The summed E-state index contributed by atoms with van der Waals surface area (Å²) in [5.41, 5.74) is 2.74. The second kappa shape index (κ2) is 8.74. The minimum Gasteiger partial charge on any atom is -0.488 e. The molecule has 3 aromatic rings. The summed E-state index contributed by atoms with van der Waals surface area (Å²) in [6, 6.07) is 18.9. The van der Waals surface area contributed by atoms with Gasteiger partial charge in [-0.15, -0.1) is 0 Å². The summed E-state index contributed by atoms with van der Waals surface area (Å²) < 4.78 is 16.6. The number of fused-ring (bicyclic) bond motifs is 1. The van der Waals surface area contributed by atoms with Gasteiger partial charge >= 0.3 is 6.03 Å². The Labute approximate surface area is 195 Å². The van der Waals surface area contributed by atoms with Crippen molar-refractivity contribution in [3.63, 3.8) is 0 Å². The molecule has 0 spiro atoms. The van der Waals surface area contributed by atoms with Gasteiger partial charge in [-0.2, -0.15) is 0 Å². The number of hydrogen-bond donors (Lipinski definition) is 1. The smallest absolute Gasteiger partial charge is 0.335 e. The van der Waals surface area contributed by atoms with Crippen LogP contribution in [0.2, 0.25) is 0 Å². The van der Waals surface area contributed by atoms with E-state index in [-0.39, 0.29) is 18.1 Å². The number of nitrogens with one attached hydrogen (secondary N) is 1. The minimum absolute atomic E-state index is 0.0575. The Kier molecular flexibility index (Phi) is 5.47. The molecule has 5 rings (SSSR count). The summed E-state index contributed by atoms with van der Waals surface area (Å²) in [7, 11) is 0. The zero-order chi connectivity index (χ0) is 23.7. The second-order valence-corrected chi connectivity index (χ2v) is 7.81. The Morgan fingerprint density at radius 2 is 1.74 bits per heavy atom. The highest BCUT2D eigenvalue weighted by atomic mass is 16.7. The van der Waals surface area contributed by atoms with Crippen LogP contribution in [-0.4, -0.2) is 24.6 Å². The quantitative estimate of drug-likeness (QED) is 0.461. The summed E-state index contributed by atoms with van der Waals surface area (Å²) >= 11 is 0. The monoisotopic (exact) mass is 456 g/mol. The number of carbonyl (C=O) groups excluding carboxylic acids is 3. The first kappa shape index (κ1) is 21.3. The van der Waals surface area contributed by atoms with Crippen LogP contribution in [0.4, 0.5) is 10.5 Å². The van der Waals surface area contributed by atoms with Crippen LogP contribution in [0.15, 0.2) is 72.3 Å². The maximum absolute atomic E-state index is 13.2. The molecule has 4 amide bonds. The van der Waals surface area contributed by atoms with Gasteiger partial charge in [0.2, 0.25) is 6.79 Å². The number of rotatable bonds is 5. The van der Waals surface area contributed by atoms with Crippen LogP contribution in [0.1, 0.15) is 16.7 Å². The number of urea groups is 1. The molecule has 0 aliphatic carbocycles. The Morgan fingerprint density at radius 3 is 2.56 bits per heavy atom. The third-order valence-corrected chi connectivity index (χ3v) is 5.45. The van der Waals surface area contributed by atoms with Crippen molar-refractivity contribution in [2.24, 2.45) is 0 Å². The molecule has 0 radical (unpaired) electrons. The van der Waals surface area contributed by atoms with E-state index in [2.05, 4.69) is 5.32 Å². The summed E-state index contributed by atoms with van der Waals surface area (Å²) in [5.74, 6) is -0.0977. The topological polar surface area (TPSA) is 94.2 Å². The number of hydrogen-bond acceptors (Lipinski definition) is 6. The van der Waals surface area contributed by atoms with Crippen LogP contribution in [0, 0.1) is 6.92 Å². The molecule has 1 N–H and O–H groups in total. The molecule has 1 saturated heterocycles. The van der Waals surface area contributed by atoms with E-state index in [1.807, 2.05) is 31.2 Å². The van der Waals surface area contributed by atoms with Crippen LogP contribution in [0.3, 0.4) is 0 Å². The van der Waals surface area contributed by atoms with Crippen LogP contribution >= 0.6 is 0 Å². The molecule has 2 aliphatic rings. The summed E-state index contributed by atoms with van der Waals surface area (Å²) in [6.45, 7) is 2.39. The zero-order valence-corrected chi connectivity index (χ0v) is 18.2. The molecule has 0 aromatic heterocycles. The Hall–Kier alpha value is -4.59. The van der Waals surface area contributed by atoms with Crippen molar-refractivity contribution in [2.75, 3.05) is 11.7 Å².